The molecule has 178 valence electrons. The Kier molecular flexibility index (Phi) is 6.09. The van der Waals surface area contributed by atoms with Gasteiger partial charge in [-0.3, -0.25) is 4.79 Å². The number of hydrogen-bond acceptors (Lipinski definition) is 7. The maximum Gasteiger partial charge on any atom is 0.211 e. The van der Waals surface area contributed by atoms with Crippen molar-refractivity contribution in [2.45, 2.75) is 19.3 Å². The molecule has 1 fully saturated rings. The smallest absolute Gasteiger partial charge is 0.211 e. The minimum Gasteiger partial charge on any atom is -0.313 e. The van der Waals surface area contributed by atoms with Crippen molar-refractivity contribution in [1.29, 1.82) is 0 Å². The Labute approximate surface area is 206 Å². The number of imidazole rings is 1. The third-order valence-electron chi connectivity index (χ3n) is 6.29. The third kappa shape index (κ3) is 4.68. The number of nitrogens with one attached hydrogen (secondary N) is 1. The van der Waals surface area contributed by atoms with Crippen LogP contribution in [0.5, 0.6) is 0 Å². The second-order valence-electron chi connectivity index (χ2n) is 8.69. The number of aromatic nitrogens is 3. The molecule has 3 heterocycles. The average molecular weight is 518 g/mol. The highest BCUT2D eigenvalue weighted by Crippen LogP contribution is 2.31. The van der Waals surface area contributed by atoms with Gasteiger partial charge in [0, 0.05) is 37.1 Å². The van der Waals surface area contributed by atoms with Gasteiger partial charge in [-0.05, 0) is 55.2 Å². The van der Waals surface area contributed by atoms with E-state index < -0.39 is 10.0 Å². The van der Waals surface area contributed by atoms with Crippen LogP contribution >= 0.6 is 22.9 Å². The topological polar surface area (TPSA) is 97.2 Å². The number of nitrogens with zero attached hydrogens (tertiary/aromatic N) is 4. The molecule has 1 saturated heterocycles. The van der Waals surface area contributed by atoms with Gasteiger partial charge in [-0.15, -0.1) is 0 Å². The number of benzene rings is 2. The maximum atomic E-state index is 12.9. The number of fused-ring (bicyclic) bond motifs is 2. The number of halogens is 1. The van der Waals surface area contributed by atoms with E-state index in [1.165, 1.54) is 21.9 Å². The highest BCUT2D eigenvalue weighted by Gasteiger charge is 2.26. The summed E-state index contributed by atoms with van der Waals surface area (Å²) in [7, 11) is -1.25. The molecule has 0 amide bonds. The zero-order valence-electron chi connectivity index (χ0n) is 18.8. The Morgan fingerprint density at radius 3 is 2.65 bits per heavy atom. The molecule has 0 saturated carbocycles. The summed E-state index contributed by atoms with van der Waals surface area (Å²) in [6.07, 6.45) is 3.05. The lowest BCUT2D eigenvalue weighted by Gasteiger charge is -2.29. The molecule has 2 aromatic carbocycles. The van der Waals surface area contributed by atoms with Crippen LogP contribution in [0.1, 0.15) is 29.6 Å². The van der Waals surface area contributed by atoms with Crippen LogP contribution in [-0.4, -0.2) is 52.4 Å². The van der Waals surface area contributed by atoms with Gasteiger partial charge >= 0.3 is 0 Å². The lowest BCUT2D eigenvalue weighted by atomic mass is 9.90. The molecule has 1 aliphatic heterocycles. The molecular weight excluding hydrogens is 494 g/mol. The van der Waals surface area contributed by atoms with Crippen LogP contribution in [0.25, 0.3) is 21.3 Å². The van der Waals surface area contributed by atoms with Gasteiger partial charge in [-0.1, -0.05) is 22.9 Å². The van der Waals surface area contributed by atoms with Crippen molar-refractivity contribution < 1.29 is 13.2 Å². The molecule has 0 atom stereocenters. The normalized spacial score (nSPS) is 15.9. The maximum absolute atomic E-state index is 12.9. The monoisotopic (exact) mass is 517 g/mol. The zero-order valence-corrected chi connectivity index (χ0v) is 21.2. The molecule has 11 heteroatoms. The number of thiazole rings is 1. The lowest BCUT2D eigenvalue weighted by Crippen LogP contribution is -2.38. The Hall–Kier alpha value is -2.53. The Morgan fingerprint density at radius 1 is 1.15 bits per heavy atom. The summed E-state index contributed by atoms with van der Waals surface area (Å²) >= 11 is 7.58. The van der Waals surface area contributed by atoms with Crippen LogP contribution < -0.4 is 5.32 Å². The number of carbonyl (C=O) groups excluding carboxylic acids is 1. The van der Waals surface area contributed by atoms with Crippen LogP contribution in [0.3, 0.4) is 0 Å². The van der Waals surface area contributed by atoms with Gasteiger partial charge in [-0.2, -0.15) is 0 Å². The highest BCUT2D eigenvalue weighted by molar-refractivity contribution is 7.88. The highest BCUT2D eigenvalue weighted by atomic mass is 35.5. The Morgan fingerprint density at radius 2 is 1.91 bits per heavy atom. The molecule has 0 spiro atoms. The van der Waals surface area contributed by atoms with Crippen molar-refractivity contribution in [3.8, 4) is 0 Å². The Bertz CT molecular complexity index is 1500. The summed E-state index contributed by atoms with van der Waals surface area (Å²) in [4.78, 5) is 22.2. The van der Waals surface area contributed by atoms with E-state index in [1.807, 2.05) is 48.0 Å². The molecule has 4 aromatic rings. The standard InChI is InChI=1S/C23H24ClN5O3S2/c1-28-19-6-3-15(20(30)11-14-7-9-29(10-8-14)34(2,31)32)12-18(19)25-22(28)27-23-26-17-5-4-16(24)13-21(17)33-23/h3-6,12-14H,7-11H2,1-2H3,(H,25,26,27). The summed E-state index contributed by atoms with van der Waals surface area (Å²) in [6.45, 7) is 0.951. The van der Waals surface area contributed by atoms with E-state index in [1.54, 1.807) is 0 Å². The minimum absolute atomic E-state index is 0.0583. The number of rotatable bonds is 6. The minimum atomic E-state index is -3.17. The number of carbonyl (C=O) groups is 1. The molecular formula is C23H24ClN5O3S2. The van der Waals surface area contributed by atoms with Crippen LogP contribution in [0.2, 0.25) is 5.02 Å². The van der Waals surface area contributed by atoms with Gasteiger partial charge in [0.15, 0.2) is 10.9 Å². The molecule has 0 unspecified atom stereocenters. The number of ketones is 1. The van der Waals surface area contributed by atoms with Crippen molar-refractivity contribution in [3.05, 3.63) is 47.0 Å². The molecule has 5 rings (SSSR count). The molecule has 0 aliphatic carbocycles. The van der Waals surface area contributed by atoms with Crippen LogP contribution in [0.15, 0.2) is 36.4 Å². The fourth-order valence-electron chi connectivity index (χ4n) is 4.36. The molecule has 0 radical (unpaired) electrons. The number of sulfonamides is 1. The average Bonchev–Trinajstić information content (AvgIpc) is 3.33. The number of anilines is 2. The summed E-state index contributed by atoms with van der Waals surface area (Å²) in [5.74, 6) is 0.885. The van der Waals surface area contributed by atoms with E-state index in [0.717, 1.165) is 21.3 Å². The SMILES string of the molecule is Cn1c(Nc2nc3ccc(Cl)cc3s2)nc2cc(C(=O)CC3CCN(S(C)(=O)=O)CC3)ccc21. The quantitative estimate of drug-likeness (QED) is 0.368. The summed E-state index contributed by atoms with van der Waals surface area (Å²) in [5.41, 5.74) is 3.12. The van der Waals surface area contributed by atoms with E-state index in [0.29, 0.717) is 54.0 Å². The first-order chi connectivity index (χ1) is 16.2. The fourth-order valence-corrected chi connectivity index (χ4v) is 6.37. The van der Waals surface area contributed by atoms with Crippen molar-refractivity contribution >= 4 is 71.1 Å². The van der Waals surface area contributed by atoms with Gasteiger partial charge in [0.2, 0.25) is 16.0 Å². The predicted molar refractivity (Wildman–Crippen MR) is 137 cm³/mol. The van der Waals surface area contributed by atoms with Crippen LogP contribution in [0.4, 0.5) is 11.1 Å². The fraction of sp³-hybridized carbons (Fsp3) is 0.348. The van der Waals surface area contributed by atoms with Crippen LogP contribution in [-0.2, 0) is 17.1 Å². The summed E-state index contributed by atoms with van der Waals surface area (Å²) < 4.78 is 27.8. The summed E-state index contributed by atoms with van der Waals surface area (Å²) in [5, 5.41) is 4.66. The van der Waals surface area contributed by atoms with E-state index in [-0.39, 0.29) is 11.7 Å². The summed E-state index contributed by atoms with van der Waals surface area (Å²) in [6, 6.07) is 11.2. The van der Waals surface area contributed by atoms with Gasteiger partial charge in [0.1, 0.15) is 0 Å². The first-order valence-electron chi connectivity index (χ1n) is 11.0. The van der Waals surface area contributed by atoms with E-state index in [4.69, 9.17) is 11.6 Å². The largest absolute Gasteiger partial charge is 0.313 e. The van der Waals surface area contributed by atoms with E-state index in [9.17, 15) is 13.2 Å². The molecule has 8 nitrogen and oxygen atoms in total. The predicted octanol–water partition coefficient (Wildman–Crippen LogP) is 4.82. The zero-order chi connectivity index (χ0) is 24.0. The first-order valence-corrected chi connectivity index (χ1v) is 14.0. The van der Waals surface area contributed by atoms with Crippen molar-refractivity contribution in [1.82, 2.24) is 18.8 Å². The van der Waals surface area contributed by atoms with Gasteiger partial charge < -0.3 is 9.88 Å². The van der Waals surface area contributed by atoms with Gasteiger partial charge in [-0.25, -0.2) is 22.7 Å². The number of aryl methyl sites for hydroxylation is 1. The third-order valence-corrected chi connectivity index (χ3v) is 8.76. The molecule has 0 bridgehead atoms. The number of Topliss-reactive ketones (excluding diaryl/α,β-unsaturated/α-hetero) is 1. The molecule has 1 aliphatic rings. The number of hydrogen-bond donors (Lipinski definition) is 1. The van der Waals surface area contributed by atoms with Crippen molar-refractivity contribution in [2.24, 2.45) is 13.0 Å². The second-order valence-corrected chi connectivity index (χ2v) is 12.1. The molecule has 34 heavy (non-hydrogen) atoms. The molecule has 2 aromatic heterocycles. The molecule has 1 N–H and O–H groups in total. The Balaban J connectivity index is 1.31. The van der Waals surface area contributed by atoms with Crippen molar-refractivity contribution in [2.75, 3.05) is 24.7 Å². The van der Waals surface area contributed by atoms with Crippen LogP contribution in [0, 0.1) is 5.92 Å². The number of piperidine rings is 1. The first kappa shape index (κ1) is 23.2. The second kappa shape index (κ2) is 8.92. The lowest BCUT2D eigenvalue weighted by molar-refractivity contribution is 0.0945. The van der Waals surface area contributed by atoms with E-state index >= 15 is 0 Å². The van der Waals surface area contributed by atoms with Crippen molar-refractivity contribution in [3.63, 3.8) is 0 Å². The van der Waals surface area contributed by atoms with Gasteiger partial charge in [0.25, 0.3) is 0 Å². The van der Waals surface area contributed by atoms with E-state index in [2.05, 4.69) is 15.3 Å². The van der Waals surface area contributed by atoms with Gasteiger partial charge in [0.05, 0.1) is 27.5 Å².